The Kier molecular flexibility index (Phi) is 6.69. The second-order valence-electron chi connectivity index (χ2n) is 6.07. The number of amides is 1. The van der Waals surface area contributed by atoms with Crippen LogP contribution < -0.4 is 5.32 Å². The zero-order valence-electron chi connectivity index (χ0n) is 12.4. The SMILES string of the molecule is COCCCNC(=O)C1CC(C)CCC1C(C)C. The highest BCUT2D eigenvalue weighted by Crippen LogP contribution is 2.37. The van der Waals surface area contributed by atoms with Crippen molar-refractivity contribution in [3.8, 4) is 0 Å². The summed E-state index contributed by atoms with van der Waals surface area (Å²) in [6, 6.07) is 0. The fourth-order valence-corrected chi connectivity index (χ4v) is 3.06. The molecule has 3 nitrogen and oxygen atoms in total. The summed E-state index contributed by atoms with van der Waals surface area (Å²) in [6.45, 7) is 8.21. The minimum atomic E-state index is 0.219. The van der Waals surface area contributed by atoms with Crippen molar-refractivity contribution in [2.45, 2.75) is 46.5 Å². The maximum atomic E-state index is 12.3. The van der Waals surface area contributed by atoms with E-state index in [1.54, 1.807) is 7.11 Å². The van der Waals surface area contributed by atoms with E-state index in [2.05, 4.69) is 26.1 Å². The molecule has 0 spiro atoms. The summed E-state index contributed by atoms with van der Waals surface area (Å²) in [5.41, 5.74) is 0. The molecule has 0 heterocycles. The van der Waals surface area contributed by atoms with Gasteiger partial charge >= 0.3 is 0 Å². The van der Waals surface area contributed by atoms with Crippen LogP contribution in [-0.2, 0) is 9.53 Å². The van der Waals surface area contributed by atoms with Crippen molar-refractivity contribution < 1.29 is 9.53 Å². The van der Waals surface area contributed by atoms with Gasteiger partial charge in [0.25, 0.3) is 0 Å². The molecule has 0 saturated heterocycles. The molecule has 0 radical (unpaired) electrons. The molecule has 1 N–H and O–H groups in total. The highest BCUT2D eigenvalue weighted by atomic mass is 16.5. The van der Waals surface area contributed by atoms with E-state index >= 15 is 0 Å². The number of methoxy groups -OCH3 is 1. The van der Waals surface area contributed by atoms with Gasteiger partial charge in [0.15, 0.2) is 0 Å². The van der Waals surface area contributed by atoms with E-state index in [4.69, 9.17) is 4.74 Å². The lowest BCUT2D eigenvalue weighted by Gasteiger charge is -2.36. The lowest BCUT2D eigenvalue weighted by molar-refractivity contribution is -0.129. The molecule has 3 unspecified atom stereocenters. The van der Waals surface area contributed by atoms with Crippen molar-refractivity contribution in [3.05, 3.63) is 0 Å². The van der Waals surface area contributed by atoms with E-state index in [1.807, 2.05) is 0 Å². The molecule has 3 atom stereocenters. The van der Waals surface area contributed by atoms with E-state index in [0.717, 1.165) is 26.0 Å². The largest absolute Gasteiger partial charge is 0.385 e. The van der Waals surface area contributed by atoms with Gasteiger partial charge in [0.05, 0.1) is 0 Å². The topological polar surface area (TPSA) is 38.3 Å². The molecule has 18 heavy (non-hydrogen) atoms. The van der Waals surface area contributed by atoms with E-state index in [1.165, 1.54) is 12.8 Å². The van der Waals surface area contributed by atoms with Crippen LogP contribution in [0.25, 0.3) is 0 Å². The molecule has 3 heteroatoms. The minimum absolute atomic E-state index is 0.219. The molecule has 0 aliphatic heterocycles. The Morgan fingerprint density at radius 2 is 2.11 bits per heavy atom. The Balaban J connectivity index is 2.45. The summed E-state index contributed by atoms with van der Waals surface area (Å²) < 4.78 is 4.99. The third-order valence-electron chi connectivity index (χ3n) is 4.18. The summed E-state index contributed by atoms with van der Waals surface area (Å²) in [4.78, 5) is 12.3. The Labute approximate surface area is 112 Å². The van der Waals surface area contributed by atoms with Crippen LogP contribution in [0.15, 0.2) is 0 Å². The van der Waals surface area contributed by atoms with Gasteiger partial charge in [-0.2, -0.15) is 0 Å². The first kappa shape index (κ1) is 15.5. The molecule has 1 saturated carbocycles. The third kappa shape index (κ3) is 4.60. The first-order valence-corrected chi connectivity index (χ1v) is 7.32. The fourth-order valence-electron chi connectivity index (χ4n) is 3.06. The van der Waals surface area contributed by atoms with Gasteiger partial charge in [-0.1, -0.05) is 27.2 Å². The lowest BCUT2D eigenvalue weighted by atomic mass is 9.70. The van der Waals surface area contributed by atoms with Crippen molar-refractivity contribution >= 4 is 5.91 Å². The second-order valence-corrected chi connectivity index (χ2v) is 6.07. The maximum Gasteiger partial charge on any atom is 0.223 e. The Hall–Kier alpha value is -0.570. The summed E-state index contributed by atoms with van der Waals surface area (Å²) in [6.07, 6.45) is 4.43. The predicted molar refractivity (Wildman–Crippen MR) is 74.3 cm³/mol. The molecule has 106 valence electrons. The molecule has 1 fully saturated rings. The zero-order chi connectivity index (χ0) is 13.5. The lowest BCUT2D eigenvalue weighted by Crippen LogP contribution is -2.40. The summed E-state index contributed by atoms with van der Waals surface area (Å²) >= 11 is 0. The average Bonchev–Trinajstić information content (AvgIpc) is 2.34. The standard InChI is InChI=1S/C15H29NO2/c1-11(2)13-7-6-12(3)10-14(13)15(17)16-8-5-9-18-4/h11-14H,5-10H2,1-4H3,(H,16,17). The molecular weight excluding hydrogens is 226 g/mol. The predicted octanol–water partition coefficient (Wildman–Crippen LogP) is 2.85. The van der Waals surface area contributed by atoms with Gasteiger partial charge in [-0.3, -0.25) is 4.79 Å². The first-order valence-electron chi connectivity index (χ1n) is 7.32. The van der Waals surface area contributed by atoms with Crippen molar-refractivity contribution in [1.29, 1.82) is 0 Å². The molecule has 1 rings (SSSR count). The highest BCUT2D eigenvalue weighted by molar-refractivity contribution is 5.79. The maximum absolute atomic E-state index is 12.3. The number of nitrogens with one attached hydrogen (secondary N) is 1. The molecular formula is C15H29NO2. The number of hydrogen-bond donors (Lipinski definition) is 1. The van der Waals surface area contributed by atoms with Gasteiger partial charge in [-0.25, -0.2) is 0 Å². The van der Waals surface area contributed by atoms with Crippen LogP contribution in [0, 0.1) is 23.7 Å². The summed E-state index contributed by atoms with van der Waals surface area (Å²) in [5, 5.41) is 3.07. The highest BCUT2D eigenvalue weighted by Gasteiger charge is 2.34. The van der Waals surface area contributed by atoms with Gasteiger partial charge in [0, 0.05) is 26.2 Å². The number of rotatable bonds is 6. The Bertz CT molecular complexity index is 253. The molecule has 1 amide bonds. The van der Waals surface area contributed by atoms with E-state index in [-0.39, 0.29) is 11.8 Å². The zero-order valence-corrected chi connectivity index (χ0v) is 12.4. The van der Waals surface area contributed by atoms with Crippen molar-refractivity contribution in [1.82, 2.24) is 5.32 Å². The molecule has 0 bridgehead atoms. The van der Waals surface area contributed by atoms with Crippen molar-refractivity contribution in [2.75, 3.05) is 20.3 Å². The molecule has 0 aromatic rings. The number of hydrogen-bond acceptors (Lipinski definition) is 2. The number of carbonyl (C=O) groups excluding carboxylic acids is 1. The van der Waals surface area contributed by atoms with Gasteiger partial charge in [-0.15, -0.1) is 0 Å². The quantitative estimate of drug-likeness (QED) is 0.741. The van der Waals surface area contributed by atoms with Gasteiger partial charge in [0.2, 0.25) is 5.91 Å². The van der Waals surface area contributed by atoms with Crippen LogP contribution in [0.5, 0.6) is 0 Å². The minimum Gasteiger partial charge on any atom is -0.385 e. The van der Waals surface area contributed by atoms with Crippen molar-refractivity contribution in [3.63, 3.8) is 0 Å². The summed E-state index contributed by atoms with van der Waals surface area (Å²) in [5.74, 6) is 2.33. The summed E-state index contributed by atoms with van der Waals surface area (Å²) in [7, 11) is 1.69. The van der Waals surface area contributed by atoms with Crippen LogP contribution in [0.4, 0.5) is 0 Å². The van der Waals surface area contributed by atoms with Crippen LogP contribution in [0.3, 0.4) is 0 Å². The van der Waals surface area contributed by atoms with E-state index in [9.17, 15) is 4.79 Å². The average molecular weight is 255 g/mol. The Morgan fingerprint density at radius 3 is 2.72 bits per heavy atom. The van der Waals surface area contributed by atoms with Crippen LogP contribution in [-0.4, -0.2) is 26.2 Å². The Morgan fingerprint density at radius 1 is 1.39 bits per heavy atom. The van der Waals surface area contributed by atoms with Gasteiger partial charge < -0.3 is 10.1 Å². The molecule has 0 aromatic heterocycles. The first-order chi connectivity index (χ1) is 8.56. The fraction of sp³-hybridized carbons (Fsp3) is 0.933. The van der Waals surface area contributed by atoms with Crippen LogP contribution in [0.1, 0.15) is 46.5 Å². The molecule has 1 aliphatic rings. The van der Waals surface area contributed by atoms with Crippen molar-refractivity contribution in [2.24, 2.45) is 23.7 Å². The van der Waals surface area contributed by atoms with Gasteiger partial charge in [-0.05, 0) is 37.0 Å². The smallest absolute Gasteiger partial charge is 0.223 e. The molecule has 1 aliphatic carbocycles. The number of ether oxygens (including phenoxy) is 1. The number of carbonyl (C=O) groups is 1. The van der Waals surface area contributed by atoms with E-state index in [0.29, 0.717) is 17.8 Å². The van der Waals surface area contributed by atoms with Gasteiger partial charge in [0.1, 0.15) is 0 Å². The molecule has 0 aromatic carbocycles. The monoisotopic (exact) mass is 255 g/mol. The van der Waals surface area contributed by atoms with Crippen LogP contribution >= 0.6 is 0 Å². The third-order valence-corrected chi connectivity index (χ3v) is 4.18. The van der Waals surface area contributed by atoms with Crippen LogP contribution in [0.2, 0.25) is 0 Å². The normalized spacial score (nSPS) is 28.4. The second kappa shape index (κ2) is 7.78. The van der Waals surface area contributed by atoms with E-state index < -0.39 is 0 Å².